The van der Waals surface area contributed by atoms with Crippen LogP contribution >= 0.6 is 0 Å². The van der Waals surface area contributed by atoms with Crippen molar-refractivity contribution >= 4 is 0 Å². The molecule has 0 heterocycles. The number of nitrogens with zero attached hydrogens (tertiary/aromatic N) is 1. The van der Waals surface area contributed by atoms with Crippen molar-refractivity contribution in [1.82, 2.24) is 10.2 Å². The van der Waals surface area contributed by atoms with Crippen molar-refractivity contribution in [3.05, 3.63) is 0 Å². The Morgan fingerprint density at radius 3 is 2.47 bits per heavy atom. The summed E-state index contributed by atoms with van der Waals surface area (Å²) in [5.41, 5.74) is 0. The minimum absolute atomic E-state index is 0.731. The van der Waals surface area contributed by atoms with E-state index in [1.807, 2.05) is 0 Å². The Bertz CT molecular complexity index is 153. The summed E-state index contributed by atoms with van der Waals surface area (Å²) < 4.78 is 0. The summed E-state index contributed by atoms with van der Waals surface area (Å²) >= 11 is 0. The zero-order valence-electron chi connectivity index (χ0n) is 10.8. The van der Waals surface area contributed by atoms with E-state index in [1.165, 1.54) is 45.2 Å². The molecule has 1 aliphatic rings. The van der Waals surface area contributed by atoms with Crippen LogP contribution < -0.4 is 5.32 Å². The summed E-state index contributed by atoms with van der Waals surface area (Å²) in [4.78, 5) is 2.48. The monoisotopic (exact) mass is 212 g/mol. The van der Waals surface area contributed by atoms with Crippen LogP contribution in [-0.4, -0.2) is 37.6 Å². The largest absolute Gasteiger partial charge is 0.313 e. The molecule has 0 aliphatic heterocycles. The van der Waals surface area contributed by atoms with E-state index in [9.17, 15) is 0 Å². The van der Waals surface area contributed by atoms with E-state index < -0.39 is 0 Å². The van der Waals surface area contributed by atoms with E-state index in [1.54, 1.807) is 0 Å². The lowest BCUT2D eigenvalue weighted by Crippen LogP contribution is -2.44. The zero-order valence-corrected chi connectivity index (χ0v) is 10.8. The van der Waals surface area contributed by atoms with Gasteiger partial charge < -0.3 is 10.2 Å². The molecule has 1 unspecified atom stereocenters. The minimum atomic E-state index is 0.731. The zero-order chi connectivity index (χ0) is 11.1. The molecule has 1 aliphatic carbocycles. The van der Waals surface area contributed by atoms with Crippen LogP contribution in [0, 0.1) is 5.92 Å². The molecule has 15 heavy (non-hydrogen) atoms. The Kier molecular flexibility index (Phi) is 6.26. The molecule has 90 valence electrons. The molecule has 0 radical (unpaired) electrons. The first kappa shape index (κ1) is 13.0. The number of hydrogen-bond donors (Lipinski definition) is 1. The highest BCUT2D eigenvalue weighted by Crippen LogP contribution is 2.28. The topological polar surface area (TPSA) is 15.3 Å². The number of hydrogen-bond acceptors (Lipinski definition) is 2. The van der Waals surface area contributed by atoms with Crippen LogP contribution in [0.1, 0.15) is 46.0 Å². The molecular formula is C13H28N2. The standard InChI is InChI=1S/C13H28N2/c1-4-10-15(3)11-13(14-5-2)12-8-6-7-9-12/h12-14H,4-11H2,1-3H3. The maximum Gasteiger partial charge on any atom is 0.0222 e. The average molecular weight is 212 g/mol. The third kappa shape index (κ3) is 4.52. The van der Waals surface area contributed by atoms with Gasteiger partial charge in [-0.2, -0.15) is 0 Å². The fraction of sp³-hybridized carbons (Fsp3) is 1.00. The lowest BCUT2D eigenvalue weighted by molar-refractivity contribution is 0.243. The van der Waals surface area contributed by atoms with Crippen molar-refractivity contribution in [2.24, 2.45) is 5.92 Å². The number of rotatable bonds is 7. The second-order valence-corrected chi connectivity index (χ2v) is 4.97. The van der Waals surface area contributed by atoms with Gasteiger partial charge in [0.05, 0.1) is 0 Å². The maximum absolute atomic E-state index is 3.67. The van der Waals surface area contributed by atoms with Gasteiger partial charge in [0.25, 0.3) is 0 Å². The lowest BCUT2D eigenvalue weighted by Gasteiger charge is -2.29. The summed E-state index contributed by atoms with van der Waals surface area (Å²) in [5.74, 6) is 0.934. The van der Waals surface area contributed by atoms with Gasteiger partial charge >= 0.3 is 0 Å². The molecule has 0 aromatic rings. The summed E-state index contributed by atoms with van der Waals surface area (Å²) in [5, 5.41) is 3.67. The predicted molar refractivity (Wildman–Crippen MR) is 67.2 cm³/mol. The van der Waals surface area contributed by atoms with Crippen LogP contribution in [0.3, 0.4) is 0 Å². The van der Waals surface area contributed by atoms with Crippen molar-refractivity contribution in [2.45, 2.75) is 52.0 Å². The third-order valence-electron chi connectivity index (χ3n) is 3.55. The Labute approximate surface area is 95.4 Å². The van der Waals surface area contributed by atoms with Crippen LogP contribution in [0.4, 0.5) is 0 Å². The highest BCUT2D eigenvalue weighted by atomic mass is 15.1. The third-order valence-corrected chi connectivity index (χ3v) is 3.55. The molecule has 2 nitrogen and oxygen atoms in total. The first-order chi connectivity index (χ1) is 7.27. The SMILES string of the molecule is CCCN(C)CC(NCC)C1CCCC1. The van der Waals surface area contributed by atoms with Crippen LogP contribution in [0.2, 0.25) is 0 Å². The molecule has 1 fully saturated rings. The molecule has 0 aromatic carbocycles. The van der Waals surface area contributed by atoms with Gasteiger partial charge in [-0.3, -0.25) is 0 Å². The Balaban J connectivity index is 2.34. The van der Waals surface area contributed by atoms with E-state index in [-0.39, 0.29) is 0 Å². The van der Waals surface area contributed by atoms with Gasteiger partial charge in [-0.1, -0.05) is 26.7 Å². The molecule has 1 rings (SSSR count). The van der Waals surface area contributed by atoms with Gasteiger partial charge in [0.15, 0.2) is 0 Å². The summed E-state index contributed by atoms with van der Waals surface area (Å²) in [6.07, 6.45) is 7.05. The van der Waals surface area contributed by atoms with Gasteiger partial charge in [-0.05, 0) is 45.3 Å². The summed E-state index contributed by atoms with van der Waals surface area (Å²) in [6, 6.07) is 0.731. The molecule has 0 spiro atoms. The smallest absolute Gasteiger partial charge is 0.0222 e. The molecular weight excluding hydrogens is 184 g/mol. The molecule has 0 amide bonds. The van der Waals surface area contributed by atoms with Crippen LogP contribution in [0.15, 0.2) is 0 Å². The predicted octanol–water partition coefficient (Wildman–Crippen LogP) is 2.50. The minimum Gasteiger partial charge on any atom is -0.313 e. The van der Waals surface area contributed by atoms with Crippen LogP contribution in [0.25, 0.3) is 0 Å². The van der Waals surface area contributed by atoms with Crippen LogP contribution in [-0.2, 0) is 0 Å². The average Bonchev–Trinajstić information content (AvgIpc) is 2.70. The first-order valence-electron chi connectivity index (χ1n) is 6.69. The Morgan fingerprint density at radius 1 is 1.27 bits per heavy atom. The fourth-order valence-electron chi connectivity index (χ4n) is 2.81. The molecule has 0 bridgehead atoms. The molecule has 0 aromatic heterocycles. The van der Waals surface area contributed by atoms with E-state index in [0.29, 0.717) is 0 Å². The van der Waals surface area contributed by atoms with Crippen molar-refractivity contribution in [3.63, 3.8) is 0 Å². The summed E-state index contributed by atoms with van der Waals surface area (Å²) in [7, 11) is 2.25. The lowest BCUT2D eigenvalue weighted by atomic mass is 9.97. The first-order valence-corrected chi connectivity index (χ1v) is 6.69. The van der Waals surface area contributed by atoms with Gasteiger partial charge in [0.1, 0.15) is 0 Å². The Morgan fingerprint density at radius 2 is 1.93 bits per heavy atom. The molecule has 2 heteroatoms. The second kappa shape index (κ2) is 7.24. The van der Waals surface area contributed by atoms with E-state index in [0.717, 1.165) is 18.5 Å². The van der Waals surface area contributed by atoms with Crippen molar-refractivity contribution in [3.8, 4) is 0 Å². The van der Waals surface area contributed by atoms with Crippen molar-refractivity contribution in [1.29, 1.82) is 0 Å². The number of nitrogens with one attached hydrogen (secondary N) is 1. The van der Waals surface area contributed by atoms with Crippen LogP contribution in [0.5, 0.6) is 0 Å². The highest BCUT2D eigenvalue weighted by Gasteiger charge is 2.24. The highest BCUT2D eigenvalue weighted by molar-refractivity contribution is 4.82. The molecule has 1 N–H and O–H groups in total. The maximum atomic E-state index is 3.67. The molecule has 0 saturated heterocycles. The normalized spacial score (nSPS) is 20.0. The van der Waals surface area contributed by atoms with Crippen molar-refractivity contribution in [2.75, 3.05) is 26.7 Å². The Hall–Kier alpha value is -0.0800. The quantitative estimate of drug-likeness (QED) is 0.697. The van der Waals surface area contributed by atoms with E-state index in [2.05, 4.69) is 31.1 Å². The van der Waals surface area contributed by atoms with E-state index in [4.69, 9.17) is 0 Å². The van der Waals surface area contributed by atoms with Gasteiger partial charge in [0.2, 0.25) is 0 Å². The van der Waals surface area contributed by atoms with Gasteiger partial charge in [0, 0.05) is 12.6 Å². The number of likely N-dealkylation sites (N-methyl/N-ethyl adjacent to an activating group) is 2. The van der Waals surface area contributed by atoms with Gasteiger partial charge in [-0.25, -0.2) is 0 Å². The van der Waals surface area contributed by atoms with Crippen molar-refractivity contribution < 1.29 is 0 Å². The second-order valence-electron chi connectivity index (χ2n) is 4.97. The fourth-order valence-corrected chi connectivity index (χ4v) is 2.81. The van der Waals surface area contributed by atoms with Gasteiger partial charge in [-0.15, -0.1) is 0 Å². The summed E-state index contributed by atoms with van der Waals surface area (Å²) in [6.45, 7) is 8.05. The van der Waals surface area contributed by atoms with E-state index >= 15 is 0 Å². The molecule has 1 saturated carbocycles. The molecule has 1 atom stereocenters.